The summed E-state index contributed by atoms with van der Waals surface area (Å²) in [6.07, 6.45) is 3.01. The Morgan fingerprint density at radius 1 is 1.33 bits per heavy atom. The number of ether oxygens (including phenoxy) is 1. The normalized spacial score (nSPS) is 16.5. The molecule has 1 heterocycles. The van der Waals surface area contributed by atoms with Gasteiger partial charge in [0.05, 0.1) is 13.4 Å². The van der Waals surface area contributed by atoms with Gasteiger partial charge in [-0.25, -0.2) is 12.7 Å². The maximum Gasteiger partial charge on any atom is 0.211 e. The lowest BCUT2D eigenvalue weighted by Gasteiger charge is -2.31. The molecule has 1 N–H and O–H groups in total. The first kappa shape index (κ1) is 24.0. The number of halogens is 1. The molecule has 1 fully saturated rings. The van der Waals surface area contributed by atoms with E-state index in [1.807, 2.05) is 31.3 Å². The zero-order valence-electron chi connectivity index (χ0n) is 16.5. The monoisotopic (exact) mass is 510 g/mol. The highest BCUT2D eigenvalue weighted by molar-refractivity contribution is 14.0. The zero-order chi connectivity index (χ0) is 19.2. The molecule has 0 unspecified atom stereocenters. The molecule has 1 aliphatic heterocycles. The molecule has 1 saturated heterocycles. The highest BCUT2D eigenvalue weighted by atomic mass is 127. The van der Waals surface area contributed by atoms with Crippen LogP contribution in [0.1, 0.15) is 18.4 Å². The minimum atomic E-state index is -3.07. The quantitative estimate of drug-likeness (QED) is 0.360. The van der Waals surface area contributed by atoms with Gasteiger partial charge in [0, 0.05) is 45.8 Å². The van der Waals surface area contributed by atoms with Gasteiger partial charge in [-0.2, -0.15) is 0 Å². The molecule has 0 spiro atoms. The summed E-state index contributed by atoms with van der Waals surface area (Å²) in [5.74, 6) is 2.13. The van der Waals surface area contributed by atoms with Crippen LogP contribution in [-0.4, -0.2) is 70.7 Å². The van der Waals surface area contributed by atoms with E-state index in [4.69, 9.17) is 4.74 Å². The predicted octanol–water partition coefficient (Wildman–Crippen LogP) is 1.99. The van der Waals surface area contributed by atoms with Crippen molar-refractivity contribution in [3.8, 4) is 5.75 Å². The van der Waals surface area contributed by atoms with Crippen molar-refractivity contribution >= 4 is 40.0 Å². The summed E-state index contributed by atoms with van der Waals surface area (Å²) in [5.41, 5.74) is 1.10. The number of hydrogen-bond donors (Lipinski definition) is 1. The van der Waals surface area contributed by atoms with Crippen LogP contribution < -0.4 is 10.1 Å². The van der Waals surface area contributed by atoms with Crippen molar-refractivity contribution in [1.29, 1.82) is 0 Å². The molecule has 154 valence electrons. The summed E-state index contributed by atoms with van der Waals surface area (Å²) in [6.45, 7) is 2.68. The molecule has 1 aromatic carbocycles. The Labute approximate surface area is 180 Å². The molecule has 0 saturated carbocycles. The van der Waals surface area contributed by atoms with Crippen molar-refractivity contribution < 1.29 is 13.2 Å². The zero-order valence-corrected chi connectivity index (χ0v) is 19.7. The number of para-hydroxylation sites is 1. The Morgan fingerprint density at radius 2 is 1.96 bits per heavy atom. The van der Waals surface area contributed by atoms with E-state index in [9.17, 15) is 8.42 Å². The molecule has 1 aromatic rings. The maximum absolute atomic E-state index is 11.6. The molecule has 7 nitrogen and oxygen atoms in total. The molecule has 0 bridgehead atoms. The number of sulfonamides is 1. The summed E-state index contributed by atoms with van der Waals surface area (Å²) >= 11 is 0. The summed E-state index contributed by atoms with van der Waals surface area (Å²) in [4.78, 5) is 6.42. The highest BCUT2D eigenvalue weighted by Gasteiger charge is 2.25. The Morgan fingerprint density at radius 3 is 2.52 bits per heavy atom. The smallest absolute Gasteiger partial charge is 0.211 e. The largest absolute Gasteiger partial charge is 0.496 e. The third-order valence-electron chi connectivity index (χ3n) is 4.76. The summed E-state index contributed by atoms with van der Waals surface area (Å²) in [5, 5.41) is 3.42. The Hall–Kier alpha value is -1.07. The van der Waals surface area contributed by atoms with Crippen LogP contribution in [0.4, 0.5) is 0 Å². The molecule has 27 heavy (non-hydrogen) atoms. The van der Waals surface area contributed by atoms with Crippen LogP contribution in [-0.2, 0) is 16.6 Å². The number of nitrogens with zero attached hydrogens (tertiary/aromatic N) is 3. The second kappa shape index (κ2) is 11.1. The van der Waals surface area contributed by atoms with E-state index in [1.54, 1.807) is 18.5 Å². The summed E-state index contributed by atoms with van der Waals surface area (Å²) in [7, 11) is 2.37. The van der Waals surface area contributed by atoms with Gasteiger partial charge in [-0.3, -0.25) is 4.99 Å². The van der Waals surface area contributed by atoms with Crippen LogP contribution >= 0.6 is 24.0 Å². The lowest BCUT2D eigenvalue weighted by atomic mass is 9.98. The number of benzene rings is 1. The van der Waals surface area contributed by atoms with Crippen molar-refractivity contribution in [3.63, 3.8) is 0 Å². The predicted molar refractivity (Wildman–Crippen MR) is 120 cm³/mol. The Kier molecular flexibility index (Phi) is 9.82. The number of nitrogens with one attached hydrogen (secondary N) is 1. The van der Waals surface area contributed by atoms with Crippen LogP contribution in [0.2, 0.25) is 0 Å². The lowest BCUT2D eigenvalue weighted by molar-refractivity contribution is 0.273. The van der Waals surface area contributed by atoms with E-state index in [2.05, 4.69) is 15.2 Å². The molecule has 2 rings (SSSR count). The number of methoxy groups -OCH3 is 1. The van der Waals surface area contributed by atoms with Gasteiger partial charge in [0.25, 0.3) is 0 Å². The third-order valence-corrected chi connectivity index (χ3v) is 6.07. The lowest BCUT2D eigenvalue weighted by Crippen LogP contribution is -2.44. The minimum absolute atomic E-state index is 0. The average Bonchev–Trinajstić information content (AvgIpc) is 2.62. The summed E-state index contributed by atoms with van der Waals surface area (Å²) in [6, 6.07) is 7.95. The first-order chi connectivity index (χ1) is 12.3. The molecule has 0 aliphatic carbocycles. The van der Waals surface area contributed by atoms with Crippen molar-refractivity contribution in [2.45, 2.75) is 19.4 Å². The first-order valence-electron chi connectivity index (χ1n) is 8.84. The molecule has 9 heteroatoms. The van der Waals surface area contributed by atoms with Gasteiger partial charge < -0.3 is 15.0 Å². The fourth-order valence-electron chi connectivity index (χ4n) is 3.23. The first-order valence-corrected chi connectivity index (χ1v) is 10.7. The van der Waals surface area contributed by atoms with E-state index >= 15 is 0 Å². The van der Waals surface area contributed by atoms with Gasteiger partial charge in [-0.05, 0) is 24.8 Å². The highest BCUT2D eigenvalue weighted by Crippen LogP contribution is 2.20. The summed E-state index contributed by atoms with van der Waals surface area (Å²) < 4.78 is 30.2. The number of aliphatic imine (C=N–C) groups is 1. The molecule has 0 aromatic heterocycles. The van der Waals surface area contributed by atoms with Crippen molar-refractivity contribution in [2.75, 3.05) is 47.1 Å². The SMILES string of the molecule is CN=C(NCC1CCN(S(C)(=O)=O)CC1)N(C)Cc1ccccc1OC.I. The molecular formula is C18H31IN4O3S. The minimum Gasteiger partial charge on any atom is -0.496 e. The number of rotatable bonds is 6. The van der Waals surface area contributed by atoms with Crippen LogP contribution in [0.3, 0.4) is 0 Å². The Bertz CT molecular complexity index is 719. The number of piperidine rings is 1. The van der Waals surface area contributed by atoms with Crippen LogP contribution in [0.5, 0.6) is 5.75 Å². The van der Waals surface area contributed by atoms with Crippen molar-refractivity contribution in [2.24, 2.45) is 10.9 Å². The van der Waals surface area contributed by atoms with E-state index in [1.165, 1.54) is 6.26 Å². The van der Waals surface area contributed by atoms with Gasteiger partial charge in [0.2, 0.25) is 10.0 Å². The molecule has 0 atom stereocenters. The average molecular weight is 510 g/mol. The fourth-order valence-corrected chi connectivity index (χ4v) is 4.10. The van der Waals surface area contributed by atoms with Gasteiger partial charge in [0.15, 0.2) is 5.96 Å². The second-order valence-electron chi connectivity index (χ2n) is 6.70. The van der Waals surface area contributed by atoms with E-state index in [-0.39, 0.29) is 24.0 Å². The molecular weight excluding hydrogens is 479 g/mol. The Balaban J connectivity index is 0.00000364. The van der Waals surface area contributed by atoms with Gasteiger partial charge in [0.1, 0.15) is 5.75 Å². The third kappa shape index (κ3) is 7.11. The second-order valence-corrected chi connectivity index (χ2v) is 8.68. The van der Waals surface area contributed by atoms with Gasteiger partial charge >= 0.3 is 0 Å². The molecule has 0 radical (unpaired) electrons. The maximum atomic E-state index is 11.6. The standard InChI is InChI=1S/C18H30N4O3S.HI/c1-19-18(21(2)14-16-7-5-6-8-17(16)25-3)20-13-15-9-11-22(12-10-15)26(4,23)24;/h5-8,15H,9-14H2,1-4H3,(H,19,20);1H. The van der Waals surface area contributed by atoms with Crippen molar-refractivity contribution in [1.82, 2.24) is 14.5 Å². The van der Waals surface area contributed by atoms with Crippen LogP contribution in [0, 0.1) is 5.92 Å². The van der Waals surface area contributed by atoms with E-state index < -0.39 is 10.0 Å². The van der Waals surface area contributed by atoms with Gasteiger partial charge in [-0.15, -0.1) is 24.0 Å². The molecule has 1 aliphatic rings. The molecule has 0 amide bonds. The number of guanidine groups is 1. The van der Waals surface area contributed by atoms with E-state index in [0.717, 1.165) is 36.7 Å². The van der Waals surface area contributed by atoms with Crippen LogP contribution in [0.25, 0.3) is 0 Å². The van der Waals surface area contributed by atoms with Gasteiger partial charge in [-0.1, -0.05) is 18.2 Å². The number of hydrogen-bond acceptors (Lipinski definition) is 4. The van der Waals surface area contributed by atoms with E-state index in [0.29, 0.717) is 25.6 Å². The fraction of sp³-hybridized carbons (Fsp3) is 0.611. The van der Waals surface area contributed by atoms with Crippen molar-refractivity contribution in [3.05, 3.63) is 29.8 Å². The van der Waals surface area contributed by atoms with Crippen LogP contribution in [0.15, 0.2) is 29.3 Å². The topological polar surface area (TPSA) is 74.2 Å².